The second kappa shape index (κ2) is 6.90. The van der Waals surface area contributed by atoms with Gasteiger partial charge in [-0.3, -0.25) is 4.79 Å². The van der Waals surface area contributed by atoms with Gasteiger partial charge in [0.25, 0.3) is 0 Å². The van der Waals surface area contributed by atoms with Crippen LogP contribution in [0.25, 0.3) is 0 Å². The van der Waals surface area contributed by atoms with Gasteiger partial charge in [0.05, 0.1) is 12.1 Å². The molecule has 0 spiro atoms. The molecule has 3 atom stereocenters. The molecule has 0 aliphatic carbocycles. The fourth-order valence-electron chi connectivity index (χ4n) is 1.66. The molecule has 3 N–H and O–H groups in total. The van der Waals surface area contributed by atoms with Crippen molar-refractivity contribution in [3.63, 3.8) is 0 Å². The van der Waals surface area contributed by atoms with Crippen molar-refractivity contribution < 1.29 is 4.79 Å². The monoisotopic (exact) mass is 312 g/mol. The number of carbonyl (C=O) groups is 1. The molecule has 0 fully saturated rings. The Labute approximate surface area is 117 Å². The van der Waals surface area contributed by atoms with Crippen LogP contribution in [0.15, 0.2) is 28.7 Å². The van der Waals surface area contributed by atoms with Crippen LogP contribution < -0.4 is 11.1 Å². The average Bonchev–Trinajstić information content (AvgIpc) is 2.37. The van der Waals surface area contributed by atoms with E-state index in [1.54, 1.807) is 0 Å². The summed E-state index contributed by atoms with van der Waals surface area (Å²) < 4.78 is 1.03. The van der Waals surface area contributed by atoms with Crippen LogP contribution in [0.3, 0.4) is 0 Å². The van der Waals surface area contributed by atoms with Crippen molar-refractivity contribution in [1.29, 1.82) is 0 Å². The molecule has 1 aromatic carbocycles. The van der Waals surface area contributed by atoms with E-state index in [9.17, 15) is 4.79 Å². The van der Waals surface area contributed by atoms with E-state index in [0.717, 1.165) is 16.5 Å². The maximum absolute atomic E-state index is 11.9. The quantitative estimate of drug-likeness (QED) is 0.878. The Morgan fingerprint density at radius 1 is 1.33 bits per heavy atom. The minimum Gasteiger partial charge on any atom is -0.348 e. The summed E-state index contributed by atoms with van der Waals surface area (Å²) in [5.41, 5.74) is 6.97. The van der Waals surface area contributed by atoms with Crippen LogP contribution in [0.1, 0.15) is 38.8 Å². The highest BCUT2D eigenvalue weighted by atomic mass is 79.9. The van der Waals surface area contributed by atoms with Gasteiger partial charge in [0, 0.05) is 4.47 Å². The number of amides is 1. The van der Waals surface area contributed by atoms with E-state index in [4.69, 9.17) is 5.73 Å². The van der Waals surface area contributed by atoms with Crippen LogP contribution in [0.2, 0.25) is 0 Å². The van der Waals surface area contributed by atoms with Gasteiger partial charge in [0.15, 0.2) is 0 Å². The third-order valence-corrected chi connectivity index (χ3v) is 3.82. The molecule has 0 saturated heterocycles. The van der Waals surface area contributed by atoms with Crippen molar-refractivity contribution in [2.45, 2.75) is 39.3 Å². The molecule has 3 nitrogen and oxygen atoms in total. The standard InChI is InChI=1S/C14H21BrN2O/c1-4-9(2)13(16)14(18)17-10(3)11-5-7-12(15)8-6-11/h5-10,13H,4,16H2,1-3H3,(H,17,18)/t9?,10-,13?/m1/s1. The van der Waals surface area contributed by atoms with Crippen molar-refractivity contribution in [1.82, 2.24) is 5.32 Å². The maximum Gasteiger partial charge on any atom is 0.237 e. The lowest BCUT2D eigenvalue weighted by Gasteiger charge is -2.21. The molecule has 0 aliphatic heterocycles. The van der Waals surface area contributed by atoms with Crippen LogP contribution in [-0.4, -0.2) is 11.9 Å². The van der Waals surface area contributed by atoms with Crippen molar-refractivity contribution in [2.24, 2.45) is 11.7 Å². The number of halogens is 1. The number of hydrogen-bond donors (Lipinski definition) is 2. The number of hydrogen-bond acceptors (Lipinski definition) is 2. The predicted molar refractivity (Wildman–Crippen MR) is 78.1 cm³/mol. The van der Waals surface area contributed by atoms with Gasteiger partial charge in [-0.1, -0.05) is 48.3 Å². The lowest BCUT2D eigenvalue weighted by atomic mass is 9.98. The Morgan fingerprint density at radius 3 is 2.39 bits per heavy atom. The van der Waals surface area contributed by atoms with Crippen LogP contribution in [-0.2, 0) is 4.79 Å². The van der Waals surface area contributed by atoms with E-state index in [0.29, 0.717) is 0 Å². The van der Waals surface area contributed by atoms with E-state index in [2.05, 4.69) is 21.2 Å². The van der Waals surface area contributed by atoms with Gasteiger partial charge < -0.3 is 11.1 Å². The SMILES string of the molecule is CCC(C)C(N)C(=O)N[C@H](C)c1ccc(Br)cc1. The molecule has 18 heavy (non-hydrogen) atoms. The molecule has 0 radical (unpaired) electrons. The molecule has 0 aromatic heterocycles. The summed E-state index contributed by atoms with van der Waals surface area (Å²) >= 11 is 3.39. The van der Waals surface area contributed by atoms with Crippen LogP contribution in [0.4, 0.5) is 0 Å². The van der Waals surface area contributed by atoms with Gasteiger partial charge in [-0.15, -0.1) is 0 Å². The van der Waals surface area contributed by atoms with Crippen LogP contribution >= 0.6 is 15.9 Å². The van der Waals surface area contributed by atoms with E-state index < -0.39 is 6.04 Å². The van der Waals surface area contributed by atoms with Gasteiger partial charge in [-0.05, 0) is 30.5 Å². The minimum absolute atomic E-state index is 0.0271. The van der Waals surface area contributed by atoms with Gasteiger partial charge in [-0.25, -0.2) is 0 Å². The number of carbonyl (C=O) groups excluding carboxylic acids is 1. The first kappa shape index (κ1) is 15.2. The normalized spacial score (nSPS) is 15.8. The molecular formula is C14H21BrN2O. The summed E-state index contributed by atoms with van der Waals surface area (Å²) in [6.45, 7) is 6.00. The summed E-state index contributed by atoms with van der Waals surface area (Å²) in [7, 11) is 0. The molecule has 100 valence electrons. The van der Waals surface area contributed by atoms with E-state index >= 15 is 0 Å². The second-order valence-corrected chi connectivity index (χ2v) is 5.61. The lowest BCUT2D eigenvalue weighted by molar-refractivity contribution is -0.124. The third kappa shape index (κ3) is 4.10. The highest BCUT2D eigenvalue weighted by Crippen LogP contribution is 2.17. The number of rotatable bonds is 5. The Morgan fingerprint density at radius 2 is 1.89 bits per heavy atom. The topological polar surface area (TPSA) is 55.1 Å². The zero-order valence-corrected chi connectivity index (χ0v) is 12.7. The Balaban J connectivity index is 2.61. The molecular weight excluding hydrogens is 292 g/mol. The van der Waals surface area contributed by atoms with Crippen molar-refractivity contribution in [2.75, 3.05) is 0 Å². The molecule has 1 amide bonds. The summed E-state index contributed by atoms with van der Waals surface area (Å²) in [5, 5.41) is 2.95. The van der Waals surface area contributed by atoms with Gasteiger partial charge in [0.2, 0.25) is 5.91 Å². The van der Waals surface area contributed by atoms with Crippen molar-refractivity contribution >= 4 is 21.8 Å². The van der Waals surface area contributed by atoms with E-state index in [-0.39, 0.29) is 17.9 Å². The highest BCUT2D eigenvalue weighted by molar-refractivity contribution is 9.10. The molecule has 1 rings (SSSR count). The maximum atomic E-state index is 11.9. The Kier molecular flexibility index (Phi) is 5.82. The lowest BCUT2D eigenvalue weighted by Crippen LogP contribution is -2.45. The van der Waals surface area contributed by atoms with Crippen molar-refractivity contribution in [3.05, 3.63) is 34.3 Å². The van der Waals surface area contributed by atoms with Gasteiger partial charge in [-0.2, -0.15) is 0 Å². The Hall–Kier alpha value is -0.870. The highest BCUT2D eigenvalue weighted by Gasteiger charge is 2.21. The fourth-order valence-corrected chi connectivity index (χ4v) is 1.92. The molecule has 0 saturated carbocycles. The molecule has 0 aliphatic rings. The average molecular weight is 313 g/mol. The number of nitrogens with two attached hydrogens (primary N) is 1. The minimum atomic E-state index is -0.437. The summed E-state index contributed by atoms with van der Waals surface area (Å²) in [6.07, 6.45) is 0.904. The molecule has 1 aromatic rings. The van der Waals surface area contributed by atoms with Gasteiger partial charge >= 0.3 is 0 Å². The van der Waals surface area contributed by atoms with E-state index in [1.807, 2.05) is 45.0 Å². The van der Waals surface area contributed by atoms with Crippen LogP contribution in [0.5, 0.6) is 0 Å². The van der Waals surface area contributed by atoms with Crippen LogP contribution in [0, 0.1) is 5.92 Å². The third-order valence-electron chi connectivity index (χ3n) is 3.29. The first-order valence-electron chi connectivity index (χ1n) is 6.27. The molecule has 0 heterocycles. The molecule has 0 bridgehead atoms. The Bertz CT molecular complexity index is 391. The summed E-state index contributed by atoms with van der Waals surface area (Å²) in [4.78, 5) is 11.9. The summed E-state index contributed by atoms with van der Waals surface area (Å²) in [5.74, 6) is 0.113. The zero-order valence-electron chi connectivity index (χ0n) is 11.1. The molecule has 2 unspecified atom stereocenters. The number of benzene rings is 1. The predicted octanol–water partition coefficient (Wildman–Crippen LogP) is 3.00. The van der Waals surface area contributed by atoms with Crippen molar-refractivity contribution in [3.8, 4) is 0 Å². The first-order valence-corrected chi connectivity index (χ1v) is 7.06. The number of nitrogens with one attached hydrogen (secondary N) is 1. The smallest absolute Gasteiger partial charge is 0.237 e. The second-order valence-electron chi connectivity index (χ2n) is 4.69. The first-order chi connectivity index (χ1) is 8.45. The molecule has 4 heteroatoms. The van der Waals surface area contributed by atoms with E-state index in [1.165, 1.54) is 0 Å². The van der Waals surface area contributed by atoms with Gasteiger partial charge in [0.1, 0.15) is 0 Å². The largest absolute Gasteiger partial charge is 0.348 e. The fraction of sp³-hybridized carbons (Fsp3) is 0.500. The zero-order chi connectivity index (χ0) is 13.7. The summed E-state index contributed by atoms with van der Waals surface area (Å²) in [6, 6.07) is 7.45.